The van der Waals surface area contributed by atoms with Crippen LogP contribution in [0.5, 0.6) is 17.2 Å². The van der Waals surface area contributed by atoms with Gasteiger partial charge in [-0.15, -0.1) is 0 Å². The molecule has 0 radical (unpaired) electrons. The topological polar surface area (TPSA) is 88.8 Å². The highest BCUT2D eigenvalue weighted by Gasteiger charge is 2.29. The van der Waals surface area contributed by atoms with Gasteiger partial charge in [-0.05, 0) is 48.2 Å². The van der Waals surface area contributed by atoms with Crippen LogP contribution in [0, 0.1) is 11.3 Å². The van der Waals surface area contributed by atoms with E-state index >= 15 is 0 Å². The fourth-order valence-corrected chi connectivity index (χ4v) is 3.14. The van der Waals surface area contributed by atoms with E-state index in [0.717, 1.165) is 23.3 Å². The van der Waals surface area contributed by atoms with Crippen molar-refractivity contribution in [1.29, 1.82) is 5.41 Å². The Bertz CT molecular complexity index is 803. The van der Waals surface area contributed by atoms with Crippen molar-refractivity contribution in [2.75, 3.05) is 13.4 Å². The van der Waals surface area contributed by atoms with Crippen molar-refractivity contribution in [3.05, 3.63) is 53.6 Å². The van der Waals surface area contributed by atoms with Crippen LogP contribution in [0.1, 0.15) is 30.4 Å². The number of nitrogens with one attached hydrogen (secondary N) is 1. The lowest BCUT2D eigenvalue weighted by Gasteiger charge is -2.21. The van der Waals surface area contributed by atoms with E-state index in [1.54, 1.807) is 12.1 Å². The average molecular weight is 369 g/mol. The van der Waals surface area contributed by atoms with Crippen LogP contribution in [0.15, 0.2) is 42.5 Å². The summed E-state index contributed by atoms with van der Waals surface area (Å²) >= 11 is 0. The summed E-state index contributed by atoms with van der Waals surface area (Å²) < 4.78 is 16.2. The highest BCUT2D eigenvalue weighted by atomic mass is 16.7. The van der Waals surface area contributed by atoms with E-state index < -0.39 is 17.8 Å². The maximum Gasteiger partial charge on any atom is 0.307 e. The molecule has 1 aliphatic rings. The molecule has 6 nitrogen and oxygen atoms in total. The van der Waals surface area contributed by atoms with E-state index in [-0.39, 0.29) is 6.79 Å². The number of carboxylic acids is 1. The van der Waals surface area contributed by atoms with Crippen LogP contribution in [-0.4, -0.2) is 30.7 Å². The third-order valence-corrected chi connectivity index (χ3v) is 4.56. The second-order valence-electron chi connectivity index (χ2n) is 6.45. The van der Waals surface area contributed by atoms with Crippen molar-refractivity contribution in [3.63, 3.8) is 0 Å². The largest absolute Gasteiger partial charge is 0.494 e. The van der Waals surface area contributed by atoms with E-state index in [4.69, 9.17) is 19.6 Å². The molecule has 2 N–H and O–H groups in total. The minimum atomic E-state index is -0.938. The number of aliphatic carboxylic acids is 1. The lowest BCUT2D eigenvalue weighted by Crippen LogP contribution is -2.25. The molecule has 6 heteroatoms. The van der Waals surface area contributed by atoms with Crippen molar-refractivity contribution in [3.8, 4) is 17.2 Å². The molecule has 0 amide bonds. The molecule has 27 heavy (non-hydrogen) atoms. The van der Waals surface area contributed by atoms with Gasteiger partial charge in [0, 0.05) is 12.1 Å². The average Bonchev–Trinajstić information content (AvgIpc) is 3.14. The fraction of sp³-hybridized carbons (Fsp3) is 0.333. The van der Waals surface area contributed by atoms with Crippen LogP contribution in [0.25, 0.3) is 0 Å². The Morgan fingerprint density at radius 1 is 1.22 bits per heavy atom. The Labute approximate surface area is 158 Å². The van der Waals surface area contributed by atoms with Gasteiger partial charge in [-0.2, -0.15) is 0 Å². The summed E-state index contributed by atoms with van der Waals surface area (Å²) in [6.07, 6.45) is 2.41. The van der Waals surface area contributed by atoms with E-state index in [0.29, 0.717) is 24.5 Å². The van der Waals surface area contributed by atoms with E-state index in [1.807, 2.05) is 37.3 Å². The molecule has 2 atom stereocenters. The number of carbonyl (C=O) groups is 1. The monoisotopic (exact) mass is 369 g/mol. The molecule has 0 fully saturated rings. The van der Waals surface area contributed by atoms with Crippen molar-refractivity contribution >= 4 is 12.2 Å². The zero-order valence-electron chi connectivity index (χ0n) is 15.2. The highest BCUT2D eigenvalue weighted by Crippen LogP contribution is 2.35. The van der Waals surface area contributed by atoms with E-state index in [9.17, 15) is 9.90 Å². The smallest absolute Gasteiger partial charge is 0.307 e. The molecule has 1 aliphatic heterocycles. The zero-order chi connectivity index (χ0) is 19.2. The summed E-state index contributed by atoms with van der Waals surface area (Å²) in [4.78, 5) is 11.9. The third kappa shape index (κ3) is 4.39. The van der Waals surface area contributed by atoms with Crippen molar-refractivity contribution in [2.45, 2.75) is 25.7 Å². The summed E-state index contributed by atoms with van der Waals surface area (Å²) in [5.41, 5.74) is 1.61. The van der Waals surface area contributed by atoms with Crippen LogP contribution in [0.4, 0.5) is 0 Å². The lowest BCUT2D eigenvalue weighted by molar-refractivity contribution is -0.141. The van der Waals surface area contributed by atoms with Crippen LogP contribution in [0.2, 0.25) is 0 Å². The summed E-state index contributed by atoms with van der Waals surface area (Å²) in [7, 11) is 0. The number of ether oxygens (including phenoxy) is 3. The first kappa shape index (κ1) is 18.8. The SMILES string of the molecule is CCCOc1ccc(C(C=N)C(Cc2ccc3c(c2)OCO3)C(=O)O)cc1. The van der Waals surface area contributed by atoms with E-state index in [1.165, 1.54) is 6.21 Å². The molecular formula is C21H23NO5. The predicted molar refractivity (Wildman–Crippen MR) is 101 cm³/mol. The first-order valence-electron chi connectivity index (χ1n) is 8.97. The molecule has 2 aromatic carbocycles. The molecule has 0 saturated carbocycles. The van der Waals surface area contributed by atoms with Gasteiger partial charge in [0.25, 0.3) is 0 Å². The van der Waals surface area contributed by atoms with Gasteiger partial charge in [-0.1, -0.05) is 25.1 Å². The number of fused-ring (bicyclic) bond motifs is 1. The Balaban J connectivity index is 1.79. The molecule has 0 saturated heterocycles. The number of hydrogen-bond donors (Lipinski definition) is 2. The van der Waals surface area contributed by atoms with Gasteiger partial charge >= 0.3 is 5.97 Å². The Morgan fingerprint density at radius 2 is 1.96 bits per heavy atom. The molecule has 3 rings (SSSR count). The predicted octanol–water partition coefficient (Wildman–Crippen LogP) is 3.88. The van der Waals surface area contributed by atoms with Gasteiger partial charge in [-0.25, -0.2) is 0 Å². The highest BCUT2D eigenvalue weighted by molar-refractivity contribution is 5.79. The second kappa shape index (κ2) is 8.58. The number of rotatable bonds is 9. The molecule has 0 aromatic heterocycles. The number of benzene rings is 2. The van der Waals surface area contributed by atoms with Gasteiger partial charge < -0.3 is 24.7 Å². The Morgan fingerprint density at radius 3 is 2.63 bits per heavy atom. The number of hydrogen-bond acceptors (Lipinski definition) is 5. The number of carboxylic acid groups (broad SMARTS) is 1. The van der Waals surface area contributed by atoms with Crippen molar-refractivity contribution in [2.24, 2.45) is 5.92 Å². The quantitative estimate of drug-likeness (QED) is 0.655. The summed E-state index contributed by atoms with van der Waals surface area (Å²) in [6.45, 7) is 2.85. The van der Waals surface area contributed by atoms with Crippen LogP contribution >= 0.6 is 0 Å². The summed E-state index contributed by atoms with van der Waals surface area (Å²) in [5, 5.41) is 17.6. The maximum atomic E-state index is 11.9. The van der Waals surface area contributed by atoms with Gasteiger partial charge in [-0.3, -0.25) is 4.79 Å². The molecule has 1 heterocycles. The molecular weight excluding hydrogens is 346 g/mol. The minimum absolute atomic E-state index is 0.177. The Hall–Kier alpha value is -3.02. The van der Waals surface area contributed by atoms with Crippen LogP contribution < -0.4 is 14.2 Å². The van der Waals surface area contributed by atoms with Gasteiger partial charge in [0.2, 0.25) is 6.79 Å². The summed E-state index contributed by atoms with van der Waals surface area (Å²) in [5.74, 6) is -0.199. The first-order chi connectivity index (χ1) is 13.1. The minimum Gasteiger partial charge on any atom is -0.494 e. The molecule has 2 unspecified atom stereocenters. The molecule has 0 aliphatic carbocycles. The normalized spacial score (nSPS) is 14.4. The van der Waals surface area contributed by atoms with Crippen LogP contribution in [0.3, 0.4) is 0 Å². The maximum absolute atomic E-state index is 11.9. The Kier molecular flexibility index (Phi) is 5.96. The summed E-state index contributed by atoms with van der Waals surface area (Å²) in [6, 6.07) is 12.7. The molecule has 2 aromatic rings. The first-order valence-corrected chi connectivity index (χ1v) is 8.97. The lowest BCUT2D eigenvalue weighted by atomic mass is 9.82. The molecule has 0 bridgehead atoms. The van der Waals surface area contributed by atoms with Crippen LogP contribution in [-0.2, 0) is 11.2 Å². The molecule has 142 valence electrons. The zero-order valence-corrected chi connectivity index (χ0v) is 15.2. The van der Waals surface area contributed by atoms with Gasteiger partial charge in [0.1, 0.15) is 5.75 Å². The van der Waals surface area contributed by atoms with Gasteiger partial charge in [0.05, 0.1) is 12.5 Å². The van der Waals surface area contributed by atoms with Crippen molar-refractivity contribution < 1.29 is 24.1 Å². The fourth-order valence-electron chi connectivity index (χ4n) is 3.14. The third-order valence-electron chi connectivity index (χ3n) is 4.56. The second-order valence-corrected chi connectivity index (χ2v) is 6.45. The molecule has 0 spiro atoms. The standard InChI is InChI=1S/C21H23NO5/c1-2-9-25-16-6-4-15(5-7-16)18(12-22)17(21(23)24)10-14-3-8-19-20(11-14)27-13-26-19/h3-8,11-12,17-18,22H,2,9-10,13H2,1H3,(H,23,24). The van der Waals surface area contributed by atoms with Crippen molar-refractivity contribution in [1.82, 2.24) is 0 Å². The van der Waals surface area contributed by atoms with Gasteiger partial charge in [0.15, 0.2) is 11.5 Å². The van der Waals surface area contributed by atoms with E-state index in [2.05, 4.69) is 0 Å².